The van der Waals surface area contributed by atoms with Crippen molar-refractivity contribution >= 4 is 21.7 Å². The molecule has 2 aromatic heterocycles. The standard InChI is InChI=1S/C13H12BrN5/c14-11-7-17-19(8-11)12-3-4-18(9-12)13-2-1-10(5-15)6-16-13/h1-2,6-8,12H,3-4,9H2. The maximum atomic E-state index is 8.77. The van der Waals surface area contributed by atoms with Gasteiger partial charge >= 0.3 is 0 Å². The molecule has 1 saturated heterocycles. The summed E-state index contributed by atoms with van der Waals surface area (Å²) in [5, 5.41) is 13.1. The fraction of sp³-hybridized carbons (Fsp3) is 0.308. The van der Waals surface area contributed by atoms with Crippen LogP contribution in [0.2, 0.25) is 0 Å². The first-order chi connectivity index (χ1) is 9.26. The summed E-state index contributed by atoms with van der Waals surface area (Å²) in [6.45, 7) is 1.86. The number of anilines is 1. The molecule has 1 fully saturated rings. The SMILES string of the molecule is N#Cc1ccc(N2CCC(n3cc(Br)cn3)C2)nc1. The molecule has 0 radical (unpaired) electrons. The van der Waals surface area contributed by atoms with Gasteiger partial charge < -0.3 is 4.90 Å². The van der Waals surface area contributed by atoms with Crippen molar-refractivity contribution in [3.8, 4) is 6.07 Å². The second-order valence-electron chi connectivity index (χ2n) is 4.54. The summed E-state index contributed by atoms with van der Waals surface area (Å²) in [5.41, 5.74) is 0.593. The van der Waals surface area contributed by atoms with Gasteiger partial charge in [0.05, 0.1) is 22.3 Å². The Hall–Kier alpha value is -1.87. The maximum Gasteiger partial charge on any atom is 0.128 e. The van der Waals surface area contributed by atoms with Crippen molar-refractivity contribution in [1.29, 1.82) is 5.26 Å². The molecule has 6 heteroatoms. The van der Waals surface area contributed by atoms with Gasteiger partial charge in [0, 0.05) is 25.5 Å². The highest BCUT2D eigenvalue weighted by Crippen LogP contribution is 2.26. The van der Waals surface area contributed by atoms with Crippen LogP contribution in [0.4, 0.5) is 5.82 Å². The van der Waals surface area contributed by atoms with Gasteiger partial charge in [0.2, 0.25) is 0 Å². The minimum absolute atomic E-state index is 0.378. The smallest absolute Gasteiger partial charge is 0.128 e. The predicted molar refractivity (Wildman–Crippen MR) is 74.7 cm³/mol. The highest BCUT2D eigenvalue weighted by molar-refractivity contribution is 9.10. The molecule has 3 rings (SSSR count). The van der Waals surface area contributed by atoms with E-state index in [2.05, 4.69) is 37.0 Å². The van der Waals surface area contributed by atoms with Crippen LogP contribution in [0, 0.1) is 11.3 Å². The van der Waals surface area contributed by atoms with E-state index in [1.807, 2.05) is 23.1 Å². The highest BCUT2D eigenvalue weighted by atomic mass is 79.9. The summed E-state index contributed by atoms with van der Waals surface area (Å²) in [7, 11) is 0. The Kier molecular flexibility index (Phi) is 3.22. The molecule has 0 aromatic carbocycles. The van der Waals surface area contributed by atoms with Crippen molar-refractivity contribution in [2.24, 2.45) is 0 Å². The van der Waals surface area contributed by atoms with Crippen molar-refractivity contribution in [3.05, 3.63) is 40.8 Å². The van der Waals surface area contributed by atoms with Crippen molar-refractivity contribution < 1.29 is 0 Å². The molecule has 19 heavy (non-hydrogen) atoms. The molecule has 0 N–H and O–H groups in total. The largest absolute Gasteiger partial charge is 0.354 e. The Bertz CT molecular complexity index is 613. The number of rotatable bonds is 2. The van der Waals surface area contributed by atoms with Gasteiger partial charge in [-0.25, -0.2) is 4.98 Å². The molecule has 0 aliphatic carbocycles. The first-order valence-corrected chi connectivity index (χ1v) is 6.86. The Morgan fingerprint density at radius 2 is 2.26 bits per heavy atom. The summed E-state index contributed by atoms with van der Waals surface area (Å²) >= 11 is 3.42. The molecule has 0 amide bonds. The van der Waals surface area contributed by atoms with E-state index in [0.717, 1.165) is 29.8 Å². The molecular weight excluding hydrogens is 306 g/mol. The van der Waals surface area contributed by atoms with Gasteiger partial charge in [0.1, 0.15) is 11.9 Å². The van der Waals surface area contributed by atoms with Crippen LogP contribution in [0.3, 0.4) is 0 Å². The van der Waals surface area contributed by atoms with Crippen LogP contribution in [-0.4, -0.2) is 27.9 Å². The fourth-order valence-electron chi connectivity index (χ4n) is 2.32. The van der Waals surface area contributed by atoms with Crippen molar-refractivity contribution in [2.75, 3.05) is 18.0 Å². The average Bonchev–Trinajstić information content (AvgIpc) is 3.07. The zero-order valence-corrected chi connectivity index (χ0v) is 11.8. The monoisotopic (exact) mass is 317 g/mol. The van der Waals surface area contributed by atoms with Gasteiger partial charge in [-0.2, -0.15) is 10.4 Å². The minimum atomic E-state index is 0.378. The Labute approximate surface area is 119 Å². The van der Waals surface area contributed by atoms with Gasteiger partial charge in [-0.1, -0.05) is 0 Å². The van der Waals surface area contributed by atoms with Crippen LogP contribution in [0.5, 0.6) is 0 Å². The van der Waals surface area contributed by atoms with Crippen LogP contribution in [0.25, 0.3) is 0 Å². The highest BCUT2D eigenvalue weighted by Gasteiger charge is 2.25. The third-order valence-corrected chi connectivity index (χ3v) is 3.72. The molecule has 5 nitrogen and oxygen atoms in total. The first-order valence-electron chi connectivity index (χ1n) is 6.07. The van der Waals surface area contributed by atoms with Crippen molar-refractivity contribution in [2.45, 2.75) is 12.5 Å². The Morgan fingerprint density at radius 3 is 2.89 bits per heavy atom. The van der Waals surface area contributed by atoms with E-state index in [-0.39, 0.29) is 0 Å². The van der Waals surface area contributed by atoms with E-state index >= 15 is 0 Å². The van der Waals surface area contributed by atoms with Gasteiger partial charge in [0.15, 0.2) is 0 Å². The van der Waals surface area contributed by atoms with Crippen LogP contribution < -0.4 is 4.90 Å². The molecule has 3 heterocycles. The fourth-order valence-corrected chi connectivity index (χ4v) is 2.62. The van der Waals surface area contributed by atoms with E-state index < -0.39 is 0 Å². The summed E-state index contributed by atoms with van der Waals surface area (Å²) in [6.07, 6.45) is 6.48. The van der Waals surface area contributed by atoms with E-state index in [0.29, 0.717) is 11.6 Å². The van der Waals surface area contributed by atoms with Gasteiger partial charge in [0.25, 0.3) is 0 Å². The summed E-state index contributed by atoms with van der Waals surface area (Å²) < 4.78 is 3.00. The normalized spacial score (nSPS) is 18.5. The lowest BCUT2D eigenvalue weighted by Gasteiger charge is -2.17. The Balaban J connectivity index is 1.73. The lowest BCUT2D eigenvalue weighted by Crippen LogP contribution is -2.21. The van der Waals surface area contributed by atoms with Crippen molar-refractivity contribution in [3.63, 3.8) is 0 Å². The second-order valence-corrected chi connectivity index (χ2v) is 5.46. The molecule has 1 aliphatic heterocycles. The predicted octanol–water partition coefficient (Wildman–Crippen LogP) is 2.36. The van der Waals surface area contributed by atoms with Crippen LogP contribution >= 0.6 is 15.9 Å². The summed E-state index contributed by atoms with van der Waals surface area (Å²) in [4.78, 5) is 6.55. The van der Waals surface area contributed by atoms with E-state index in [9.17, 15) is 0 Å². The van der Waals surface area contributed by atoms with Crippen molar-refractivity contribution in [1.82, 2.24) is 14.8 Å². The Morgan fingerprint density at radius 1 is 1.37 bits per heavy atom. The topological polar surface area (TPSA) is 57.7 Å². The number of nitriles is 1. The molecule has 1 unspecified atom stereocenters. The van der Waals surface area contributed by atoms with Crippen LogP contribution in [0.15, 0.2) is 35.2 Å². The summed E-state index contributed by atoms with van der Waals surface area (Å²) in [5.74, 6) is 0.924. The maximum absolute atomic E-state index is 8.77. The van der Waals surface area contributed by atoms with Gasteiger partial charge in [-0.15, -0.1) is 0 Å². The first kappa shape index (κ1) is 12.2. The number of hydrogen-bond donors (Lipinski definition) is 0. The lowest BCUT2D eigenvalue weighted by atomic mass is 10.3. The quantitative estimate of drug-likeness (QED) is 0.853. The molecule has 2 aromatic rings. The number of hydrogen-bond acceptors (Lipinski definition) is 4. The van der Waals surface area contributed by atoms with Crippen LogP contribution in [-0.2, 0) is 0 Å². The zero-order chi connectivity index (χ0) is 13.2. The lowest BCUT2D eigenvalue weighted by molar-refractivity contribution is 0.494. The van der Waals surface area contributed by atoms with Gasteiger partial charge in [-0.3, -0.25) is 4.68 Å². The van der Waals surface area contributed by atoms with E-state index in [4.69, 9.17) is 5.26 Å². The zero-order valence-electron chi connectivity index (χ0n) is 10.2. The molecule has 96 valence electrons. The molecular formula is C13H12BrN5. The molecule has 1 aliphatic rings. The molecule has 1 atom stereocenters. The number of halogens is 1. The minimum Gasteiger partial charge on any atom is -0.354 e. The number of pyridine rings is 1. The van der Waals surface area contributed by atoms with Crippen LogP contribution in [0.1, 0.15) is 18.0 Å². The summed E-state index contributed by atoms with van der Waals surface area (Å²) in [6, 6.07) is 6.17. The second kappa shape index (κ2) is 5.02. The number of nitrogens with zero attached hydrogens (tertiary/aromatic N) is 5. The molecule has 0 spiro atoms. The average molecular weight is 318 g/mol. The molecule has 0 saturated carbocycles. The van der Waals surface area contributed by atoms with E-state index in [1.54, 1.807) is 12.3 Å². The third-order valence-electron chi connectivity index (χ3n) is 3.31. The molecule has 0 bridgehead atoms. The van der Waals surface area contributed by atoms with Gasteiger partial charge in [-0.05, 0) is 34.5 Å². The number of aromatic nitrogens is 3. The third kappa shape index (κ3) is 2.47. The van der Waals surface area contributed by atoms with E-state index in [1.165, 1.54) is 0 Å².